The van der Waals surface area contributed by atoms with Crippen LogP contribution in [0.25, 0.3) is 0 Å². The summed E-state index contributed by atoms with van der Waals surface area (Å²) in [5.41, 5.74) is -0.513. The van der Waals surface area contributed by atoms with Crippen LogP contribution in [-0.2, 0) is 4.79 Å². The van der Waals surface area contributed by atoms with Crippen molar-refractivity contribution >= 4 is 5.91 Å². The second kappa shape index (κ2) is 5.34. The van der Waals surface area contributed by atoms with Gasteiger partial charge in [-0.05, 0) is 44.9 Å². The predicted octanol–water partition coefficient (Wildman–Crippen LogP) is 3.12. The van der Waals surface area contributed by atoms with E-state index in [4.69, 9.17) is 6.42 Å². The molecular formula is C16H25NO. The third-order valence-corrected chi connectivity index (χ3v) is 4.71. The predicted molar refractivity (Wildman–Crippen MR) is 73.8 cm³/mol. The van der Waals surface area contributed by atoms with Crippen LogP contribution in [-0.4, -0.2) is 11.4 Å². The van der Waals surface area contributed by atoms with Crippen molar-refractivity contribution in [3.05, 3.63) is 0 Å². The average Bonchev–Trinajstić information content (AvgIpc) is 2.37. The van der Waals surface area contributed by atoms with Crippen LogP contribution < -0.4 is 5.32 Å². The molecular weight excluding hydrogens is 222 g/mol. The van der Waals surface area contributed by atoms with Crippen LogP contribution in [0, 0.1) is 30.1 Å². The van der Waals surface area contributed by atoms with Gasteiger partial charge in [-0.25, -0.2) is 0 Å². The Kier molecular flexibility index (Phi) is 4.00. The first-order valence-corrected chi connectivity index (χ1v) is 7.31. The highest BCUT2D eigenvalue weighted by Crippen LogP contribution is 2.42. The molecule has 100 valence electrons. The van der Waals surface area contributed by atoms with Crippen molar-refractivity contribution in [1.29, 1.82) is 0 Å². The smallest absolute Gasteiger partial charge is 0.224 e. The molecule has 3 atom stereocenters. The molecule has 2 fully saturated rings. The monoisotopic (exact) mass is 247 g/mol. The molecule has 0 saturated heterocycles. The van der Waals surface area contributed by atoms with Gasteiger partial charge in [-0.1, -0.05) is 31.6 Å². The van der Waals surface area contributed by atoms with Gasteiger partial charge in [0.2, 0.25) is 5.91 Å². The van der Waals surface area contributed by atoms with Gasteiger partial charge in [0.15, 0.2) is 0 Å². The van der Waals surface area contributed by atoms with Gasteiger partial charge in [0, 0.05) is 5.92 Å². The summed E-state index contributed by atoms with van der Waals surface area (Å²) in [6, 6.07) is 0. The molecule has 3 unspecified atom stereocenters. The Morgan fingerprint density at radius 3 is 2.50 bits per heavy atom. The highest BCUT2D eigenvalue weighted by molar-refractivity contribution is 5.80. The van der Waals surface area contributed by atoms with Gasteiger partial charge in [0.05, 0.1) is 5.54 Å². The minimum absolute atomic E-state index is 0.168. The van der Waals surface area contributed by atoms with Crippen LogP contribution in [0.2, 0.25) is 0 Å². The third-order valence-electron chi connectivity index (χ3n) is 4.71. The maximum Gasteiger partial charge on any atom is 0.224 e. The molecule has 0 bridgehead atoms. The Morgan fingerprint density at radius 2 is 1.83 bits per heavy atom. The number of terminal acetylenes is 1. The van der Waals surface area contributed by atoms with Gasteiger partial charge >= 0.3 is 0 Å². The minimum atomic E-state index is -0.513. The molecule has 0 aliphatic heterocycles. The van der Waals surface area contributed by atoms with Gasteiger partial charge in [0.25, 0.3) is 0 Å². The van der Waals surface area contributed by atoms with E-state index in [-0.39, 0.29) is 11.8 Å². The van der Waals surface area contributed by atoms with Crippen molar-refractivity contribution < 1.29 is 4.79 Å². The lowest BCUT2D eigenvalue weighted by Crippen LogP contribution is -2.46. The SMILES string of the molecule is C#CC(C)(C)NC(=O)C1CCC2CCCCC2C1. The Balaban J connectivity index is 1.91. The molecule has 2 aliphatic rings. The number of amides is 1. The summed E-state index contributed by atoms with van der Waals surface area (Å²) < 4.78 is 0. The number of hydrogen-bond acceptors (Lipinski definition) is 1. The van der Waals surface area contributed by atoms with E-state index >= 15 is 0 Å². The molecule has 2 nitrogen and oxygen atoms in total. The minimum Gasteiger partial charge on any atom is -0.340 e. The summed E-state index contributed by atoms with van der Waals surface area (Å²) in [6.45, 7) is 3.77. The second-order valence-electron chi connectivity index (χ2n) is 6.57. The van der Waals surface area contributed by atoms with E-state index in [1.54, 1.807) is 0 Å². The highest BCUT2D eigenvalue weighted by Gasteiger charge is 2.35. The van der Waals surface area contributed by atoms with Crippen molar-refractivity contribution in [3.63, 3.8) is 0 Å². The average molecular weight is 247 g/mol. The first kappa shape index (κ1) is 13.5. The maximum atomic E-state index is 12.2. The van der Waals surface area contributed by atoms with Crippen molar-refractivity contribution in [2.75, 3.05) is 0 Å². The molecule has 0 spiro atoms. The molecule has 1 N–H and O–H groups in total. The van der Waals surface area contributed by atoms with Gasteiger partial charge in [-0.15, -0.1) is 6.42 Å². The number of rotatable bonds is 2. The summed E-state index contributed by atoms with van der Waals surface area (Å²) in [7, 11) is 0. The lowest BCUT2D eigenvalue weighted by molar-refractivity contribution is -0.128. The molecule has 2 aliphatic carbocycles. The molecule has 0 radical (unpaired) electrons. The fraction of sp³-hybridized carbons (Fsp3) is 0.812. The fourth-order valence-corrected chi connectivity index (χ4v) is 3.56. The number of nitrogens with one attached hydrogen (secondary N) is 1. The summed E-state index contributed by atoms with van der Waals surface area (Å²) >= 11 is 0. The van der Waals surface area contributed by atoms with Crippen molar-refractivity contribution in [3.8, 4) is 12.3 Å². The van der Waals surface area contributed by atoms with Crippen LogP contribution in [0.5, 0.6) is 0 Å². The Labute approximate surface area is 111 Å². The summed E-state index contributed by atoms with van der Waals surface area (Å²) in [5.74, 6) is 4.68. The van der Waals surface area contributed by atoms with Crippen molar-refractivity contribution in [2.24, 2.45) is 17.8 Å². The van der Waals surface area contributed by atoms with E-state index in [0.717, 1.165) is 24.7 Å². The molecule has 0 aromatic carbocycles. The third kappa shape index (κ3) is 3.07. The van der Waals surface area contributed by atoms with E-state index in [9.17, 15) is 4.79 Å². The van der Waals surface area contributed by atoms with Crippen LogP contribution in [0.1, 0.15) is 58.8 Å². The molecule has 18 heavy (non-hydrogen) atoms. The summed E-state index contributed by atoms with van der Waals surface area (Å²) in [6.07, 6.45) is 14.2. The molecule has 2 heteroatoms. The van der Waals surface area contributed by atoms with E-state index in [1.165, 1.54) is 32.1 Å². The normalized spacial score (nSPS) is 32.2. The van der Waals surface area contributed by atoms with E-state index in [1.807, 2.05) is 13.8 Å². The number of carbonyl (C=O) groups is 1. The largest absolute Gasteiger partial charge is 0.340 e. The van der Waals surface area contributed by atoms with Gasteiger partial charge in [-0.2, -0.15) is 0 Å². The summed E-state index contributed by atoms with van der Waals surface area (Å²) in [5, 5.41) is 3.00. The first-order valence-electron chi connectivity index (χ1n) is 7.31. The van der Waals surface area contributed by atoms with Crippen LogP contribution in [0.3, 0.4) is 0 Å². The zero-order valence-electron chi connectivity index (χ0n) is 11.7. The Morgan fingerprint density at radius 1 is 1.17 bits per heavy atom. The van der Waals surface area contributed by atoms with Crippen LogP contribution in [0.15, 0.2) is 0 Å². The quantitative estimate of drug-likeness (QED) is 0.746. The van der Waals surface area contributed by atoms with E-state index in [0.29, 0.717) is 0 Å². The molecule has 0 heterocycles. The lowest BCUT2D eigenvalue weighted by atomic mass is 9.67. The zero-order valence-corrected chi connectivity index (χ0v) is 11.7. The molecule has 2 rings (SSSR count). The Hall–Kier alpha value is -0.970. The molecule has 2 saturated carbocycles. The second-order valence-corrected chi connectivity index (χ2v) is 6.57. The topological polar surface area (TPSA) is 29.1 Å². The van der Waals surface area contributed by atoms with E-state index < -0.39 is 5.54 Å². The highest BCUT2D eigenvalue weighted by atomic mass is 16.2. The van der Waals surface area contributed by atoms with Crippen molar-refractivity contribution in [1.82, 2.24) is 5.32 Å². The van der Waals surface area contributed by atoms with Gasteiger partial charge < -0.3 is 5.32 Å². The molecule has 0 aromatic rings. The summed E-state index contributed by atoms with van der Waals surface area (Å²) in [4.78, 5) is 12.2. The lowest BCUT2D eigenvalue weighted by Gasteiger charge is -2.39. The standard InChI is InChI=1S/C16H25NO/c1-4-16(2,3)17-15(18)14-10-9-12-7-5-6-8-13(12)11-14/h1,12-14H,5-11H2,2-3H3,(H,17,18). The number of carbonyl (C=O) groups excluding carboxylic acids is 1. The molecule has 0 aromatic heterocycles. The fourth-order valence-electron chi connectivity index (χ4n) is 3.56. The van der Waals surface area contributed by atoms with Gasteiger partial charge in [0.1, 0.15) is 0 Å². The number of hydrogen-bond donors (Lipinski definition) is 1. The molecule has 1 amide bonds. The maximum absolute atomic E-state index is 12.2. The van der Waals surface area contributed by atoms with E-state index in [2.05, 4.69) is 11.2 Å². The van der Waals surface area contributed by atoms with Gasteiger partial charge in [-0.3, -0.25) is 4.79 Å². The number of fused-ring (bicyclic) bond motifs is 1. The Bertz CT molecular complexity index is 353. The zero-order chi connectivity index (χ0) is 13.2. The first-order chi connectivity index (χ1) is 8.52. The van der Waals surface area contributed by atoms with Crippen molar-refractivity contribution in [2.45, 2.75) is 64.3 Å². The van der Waals surface area contributed by atoms with Crippen LogP contribution in [0.4, 0.5) is 0 Å². The van der Waals surface area contributed by atoms with Crippen LogP contribution >= 0.6 is 0 Å².